The van der Waals surface area contributed by atoms with Gasteiger partial charge >= 0.3 is 5.69 Å². The lowest BCUT2D eigenvalue weighted by Gasteiger charge is -2.19. The molecule has 1 heterocycles. The van der Waals surface area contributed by atoms with Gasteiger partial charge in [-0.15, -0.1) is 0 Å². The van der Waals surface area contributed by atoms with Gasteiger partial charge in [0.2, 0.25) is 5.91 Å². The summed E-state index contributed by atoms with van der Waals surface area (Å²) in [6, 6.07) is 11.3. The monoisotopic (exact) mass is 403 g/mol. The van der Waals surface area contributed by atoms with Crippen LogP contribution in [0.15, 0.2) is 51.0 Å². The van der Waals surface area contributed by atoms with Crippen LogP contribution in [0.4, 0.5) is 5.69 Å². The molecule has 0 atom stereocenters. The van der Waals surface area contributed by atoms with Crippen LogP contribution in [-0.4, -0.2) is 15.0 Å². The molecule has 0 saturated carbocycles. The maximum absolute atomic E-state index is 12.6. The first-order valence-electron chi connectivity index (χ1n) is 8.52. The molecule has 1 aromatic heterocycles. The highest BCUT2D eigenvalue weighted by molar-refractivity contribution is 7.99. The summed E-state index contributed by atoms with van der Waals surface area (Å²) in [5, 5.41) is 3.69. The third kappa shape index (κ3) is 3.92. The number of fused-ring (bicyclic) bond motifs is 1. The minimum Gasteiger partial charge on any atom is -0.325 e. The number of aromatic nitrogens is 2. The molecule has 3 rings (SSSR count). The second-order valence-electron chi connectivity index (χ2n) is 7.50. The third-order valence-corrected chi connectivity index (χ3v) is 5.66. The topological polar surface area (TPSA) is 56.0 Å². The van der Waals surface area contributed by atoms with E-state index in [1.165, 1.54) is 11.8 Å². The molecular weight excluding hydrogens is 382 g/mol. The van der Waals surface area contributed by atoms with Crippen molar-refractivity contribution in [2.24, 2.45) is 19.5 Å². The minimum absolute atomic E-state index is 0.0827. The number of amides is 1. The zero-order valence-corrected chi connectivity index (χ0v) is 17.5. The highest BCUT2D eigenvalue weighted by atomic mass is 35.5. The summed E-state index contributed by atoms with van der Waals surface area (Å²) in [7, 11) is 3.47. The van der Waals surface area contributed by atoms with E-state index in [0.29, 0.717) is 10.7 Å². The molecule has 27 heavy (non-hydrogen) atoms. The smallest absolute Gasteiger partial charge is 0.325 e. The van der Waals surface area contributed by atoms with E-state index < -0.39 is 5.41 Å². The number of rotatable bonds is 3. The quantitative estimate of drug-likeness (QED) is 0.691. The number of aryl methyl sites for hydroxylation is 2. The van der Waals surface area contributed by atoms with E-state index in [-0.39, 0.29) is 11.6 Å². The van der Waals surface area contributed by atoms with Crippen molar-refractivity contribution in [3.05, 3.63) is 51.9 Å². The Morgan fingerprint density at radius 1 is 1.04 bits per heavy atom. The van der Waals surface area contributed by atoms with Gasteiger partial charge in [-0.2, -0.15) is 0 Å². The van der Waals surface area contributed by atoms with E-state index in [0.717, 1.165) is 20.8 Å². The van der Waals surface area contributed by atoms with Crippen LogP contribution >= 0.6 is 23.4 Å². The number of carbonyl (C=O) groups is 1. The predicted octanol–water partition coefficient (Wildman–Crippen LogP) is 4.67. The van der Waals surface area contributed by atoms with Crippen molar-refractivity contribution in [3.63, 3.8) is 0 Å². The van der Waals surface area contributed by atoms with Gasteiger partial charge in [0.05, 0.1) is 16.7 Å². The van der Waals surface area contributed by atoms with Crippen LogP contribution in [0.5, 0.6) is 0 Å². The molecule has 0 aliphatic carbocycles. The van der Waals surface area contributed by atoms with Gasteiger partial charge in [-0.3, -0.25) is 13.9 Å². The average Bonchev–Trinajstić information content (AvgIpc) is 2.80. The maximum atomic E-state index is 12.6. The van der Waals surface area contributed by atoms with E-state index in [9.17, 15) is 9.59 Å². The molecule has 2 aromatic carbocycles. The third-order valence-electron chi connectivity index (χ3n) is 4.34. The van der Waals surface area contributed by atoms with Gasteiger partial charge in [-0.1, -0.05) is 44.1 Å². The summed E-state index contributed by atoms with van der Waals surface area (Å²) in [5.74, 6) is -0.0827. The zero-order valence-electron chi connectivity index (χ0n) is 16.0. The average molecular weight is 404 g/mol. The molecule has 0 radical (unpaired) electrons. The minimum atomic E-state index is -0.528. The van der Waals surface area contributed by atoms with E-state index in [1.807, 2.05) is 57.2 Å². The molecule has 0 aliphatic rings. The molecular formula is C20H22ClN3O2S. The summed E-state index contributed by atoms with van der Waals surface area (Å²) in [6.07, 6.45) is 0. The number of nitrogens with zero attached hydrogens (tertiary/aromatic N) is 2. The van der Waals surface area contributed by atoms with Crippen molar-refractivity contribution >= 4 is 46.0 Å². The molecule has 0 bridgehead atoms. The molecule has 1 amide bonds. The first kappa shape index (κ1) is 19.6. The lowest BCUT2D eigenvalue weighted by Crippen LogP contribution is -2.27. The van der Waals surface area contributed by atoms with Crippen LogP contribution in [0.25, 0.3) is 11.0 Å². The van der Waals surface area contributed by atoms with Crippen LogP contribution in [0, 0.1) is 5.41 Å². The van der Waals surface area contributed by atoms with Gasteiger partial charge in [0.1, 0.15) is 0 Å². The van der Waals surface area contributed by atoms with Gasteiger partial charge in [0.25, 0.3) is 0 Å². The van der Waals surface area contributed by atoms with Gasteiger partial charge in [0.15, 0.2) is 0 Å². The Labute approximate surface area is 167 Å². The number of halogens is 1. The molecule has 0 fully saturated rings. The lowest BCUT2D eigenvalue weighted by molar-refractivity contribution is -0.123. The van der Waals surface area contributed by atoms with Gasteiger partial charge in [-0.25, -0.2) is 4.79 Å². The fraction of sp³-hybridized carbons (Fsp3) is 0.300. The van der Waals surface area contributed by atoms with Crippen molar-refractivity contribution in [1.82, 2.24) is 9.13 Å². The second-order valence-corrected chi connectivity index (χ2v) is 9.05. The number of benzene rings is 2. The largest absolute Gasteiger partial charge is 0.328 e. The molecule has 0 aliphatic heterocycles. The Morgan fingerprint density at radius 3 is 2.15 bits per heavy atom. The van der Waals surface area contributed by atoms with Crippen molar-refractivity contribution < 1.29 is 4.79 Å². The Bertz CT molecular complexity index is 1080. The molecule has 142 valence electrons. The molecule has 0 spiro atoms. The SMILES string of the molecule is Cn1c(=O)n(C)c2cc(Sc3ccc(Cl)cc3)c(NC(=O)C(C)(C)C)cc21. The van der Waals surface area contributed by atoms with Gasteiger partial charge in [-0.05, 0) is 36.4 Å². The van der Waals surface area contributed by atoms with Crippen molar-refractivity contribution in [1.29, 1.82) is 0 Å². The van der Waals surface area contributed by atoms with Crippen LogP contribution in [-0.2, 0) is 18.9 Å². The second kappa shape index (κ2) is 7.09. The van der Waals surface area contributed by atoms with Crippen molar-refractivity contribution in [3.8, 4) is 0 Å². The summed E-state index contributed by atoms with van der Waals surface area (Å²) >= 11 is 7.49. The normalized spacial score (nSPS) is 11.8. The Hall–Kier alpha value is -2.18. The number of nitrogens with one attached hydrogen (secondary N) is 1. The van der Waals surface area contributed by atoms with Crippen molar-refractivity contribution in [2.45, 2.75) is 30.6 Å². The van der Waals surface area contributed by atoms with Crippen LogP contribution in [0.3, 0.4) is 0 Å². The van der Waals surface area contributed by atoms with E-state index in [4.69, 9.17) is 11.6 Å². The molecule has 1 N–H and O–H groups in total. The molecule has 5 nitrogen and oxygen atoms in total. The fourth-order valence-corrected chi connectivity index (χ4v) is 3.69. The summed E-state index contributed by atoms with van der Waals surface area (Å²) in [4.78, 5) is 26.7. The Kier molecular flexibility index (Phi) is 5.14. The van der Waals surface area contributed by atoms with Crippen molar-refractivity contribution in [2.75, 3.05) is 5.32 Å². The van der Waals surface area contributed by atoms with Gasteiger partial charge < -0.3 is 5.32 Å². The van der Waals surface area contributed by atoms with Crippen LogP contribution in [0.2, 0.25) is 5.02 Å². The number of carbonyl (C=O) groups excluding carboxylic acids is 1. The maximum Gasteiger partial charge on any atom is 0.328 e. The molecule has 7 heteroatoms. The van der Waals surface area contributed by atoms with Crippen LogP contribution in [0.1, 0.15) is 20.8 Å². The van der Waals surface area contributed by atoms with E-state index in [1.54, 1.807) is 23.2 Å². The highest BCUT2D eigenvalue weighted by Gasteiger charge is 2.23. The molecule has 3 aromatic rings. The summed E-state index contributed by atoms with van der Waals surface area (Å²) in [5.41, 5.74) is 1.63. The number of hydrogen-bond acceptors (Lipinski definition) is 3. The highest BCUT2D eigenvalue weighted by Crippen LogP contribution is 2.37. The fourth-order valence-electron chi connectivity index (χ4n) is 2.65. The van der Waals surface area contributed by atoms with E-state index >= 15 is 0 Å². The number of imidazole rings is 1. The summed E-state index contributed by atoms with van der Waals surface area (Å²) in [6.45, 7) is 5.60. The predicted molar refractivity (Wildman–Crippen MR) is 112 cm³/mol. The zero-order chi connectivity index (χ0) is 19.9. The van der Waals surface area contributed by atoms with Gasteiger partial charge in [0, 0.05) is 34.3 Å². The van der Waals surface area contributed by atoms with Crippen LogP contribution < -0.4 is 11.0 Å². The lowest BCUT2D eigenvalue weighted by atomic mass is 9.95. The standard InChI is InChI=1S/C20H22ClN3O2S/c1-20(2,3)18(25)22-14-10-15-16(24(5)19(26)23(15)4)11-17(14)27-13-8-6-12(21)7-9-13/h6-11H,1-5H3,(H,22,25). The first-order chi connectivity index (χ1) is 12.6. The molecule has 0 saturated heterocycles. The Balaban J connectivity index is 2.14. The molecule has 0 unspecified atom stereocenters. The Morgan fingerprint density at radius 2 is 1.59 bits per heavy atom. The number of hydrogen-bond donors (Lipinski definition) is 1. The first-order valence-corrected chi connectivity index (χ1v) is 9.71. The van der Waals surface area contributed by atoms with E-state index in [2.05, 4.69) is 5.32 Å². The summed E-state index contributed by atoms with van der Waals surface area (Å²) < 4.78 is 3.19. The number of anilines is 1.